The zero-order valence-electron chi connectivity index (χ0n) is 22.5. The highest BCUT2D eigenvalue weighted by molar-refractivity contribution is 7.13. The Kier molecular flexibility index (Phi) is 8.68. The van der Waals surface area contributed by atoms with Gasteiger partial charge in [-0.3, -0.25) is 0 Å². The molecule has 38 heavy (non-hydrogen) atoms. The number of aryl methyl sites for hydroxylation is 1. The summed E-state index contributed by atoms with van der Waals surface area (Å²) in [4.78, 5) is 19.7. The lowest BCUT2D eigenvalue weighted by Crippen LogP contribution is -2.46. The van der Waals surface area contributed by atoms with Gasteiger partial charge in [-0.1, -0.05) is 6.08 Å². The van der Waals surface area contributed by atoms with Crippen molar-refractivity contribution in [2.24, 2.45) is 10.2 Å². The quantitative estimate of drug-likeness (QED) is 0.147. The Bertz CT molecular complexity index is 1320. The minimum Gasteiger partial charge on any atom is -0.497 e. The molecule has 9 heteroatoms. The molecule has 0 spiro atoms. The Morgan fingerprint density at radius 3 is 2.53 bits per heavy atom. The monoisotopic (exact) mass is 532 g/mol. The van der Waals surface area contributed by atoms with E-state index in [0.717, 1.165) is 23.6 Å². The van der Waals surface area contributed by atoms with Gasteiger partial charge >= 0.3 is 5.97 Å². The second kappa shape index (κ2) is 12.1. The van der Waals surface area contributed by atoms with Crippen LogP contribution >= 0.6 is 11.3 Å². The molecule has 0 amide bonds. The largest absolute Gasteiger partial charge is 0.497 e. The van der Waals surface area contributed by atoms with Gasteiger partial charge in [0.05, 0.1) is 31.9 Å². The number of pyridine rings is 1. The van der Waals surface area contributed by atoms with Crippen molar-refractivity contribution in [1.82, 2.24) is 4.98 Å². The van der Waals surface area contributed by atoms with Gasteiger partial charge in [0.2, 0.25) is 5.13 Å². The number of benzene rings is 1. The standard InChI is InChI=1S/C29H34N5O3S/c1-6-37-27(35)26-20-24(19-22(3)29(26,4)32-31-28-30-13-18-38-28)34(23-7-9-25(36-5)10-8-23)17-16-33-14-11-21(2)12-15-33/h7-15,18-20,24H,6,16-17H2,1-5H3/q+1. The second-order valence-electron chi connectivity index (χ2n) is 9.23. The highest BCUT2D eigenvalue weighted by Crippen LogP contribution is 2.38. The Labute approximate surface area is 228 Å². The first-order valence-electron chi connectivity index (χ1n) is 12.6. The van der Waals surface area contributed by atoms with E-state index in [9.17, 15) is 4.79 Å². The van der Waals surface area contributed by atoms with Gasteiger partial charge in [-0.2, -0.15) is 5.11 Å². The van der Waals surface area contributed by atoms with E-state index in [2.05, 4.69) is 62.2 Å². The van der Waals surface area contributed by atoms with Crippen molar-refractivity contribution in [3.05, 3.63) is 89.2 Å². The second-order valence-corrected chi connectivity index (χ2v) is 10.1. The molecule has 198 valence electrons. The number of hydrogen-bond donors (Lipinski definition) is 0. The first-order valence-corrected chi connectivity index (χ1v) is 13.5. The lowest BCUT2D eigenvalue weighted by Gasteiger charge is -2.37. The Morgan fingerprint density at radius 1 is 1.16 bits per heavy atom. The molecule has 0 saturated carbocycles. The van der Waals surface area contributed by atoms with Crippen LogP contribution < -0.4 is 14.2 Å². The Morgan fingerprint density at radius 2 is 1.89 bits per heavy atom. The fraction of sp³-hybridized carbons (Fsp3) is 0.345. The van der Waals surface area contributed by atoms with Crippen LogP contribution in [0.1, 0.15) is 26.3 Å². The molecule has 1 aromatic carbocycles. The Hall–Kier alpha value is -3.85. The average Bonchev–Trinajstić information content (AvgIpc) is 3.45. The van der Waals surface area contributed by atoms with Crippen LogP contribution in [0.5, 0.6) is 5.75 Å². The van der Waals surface area contributed by atoms with Crippen LogP contribution in [0.15, 0.2) is 93.9 Å². The lowest BCUT2D eigenvalue weighted by atomic mass is 9.79. The van der Waals surface area contributed by atoms with Gasteiger partial charge in [-0.15, -0.1) is 16.5 Å². The van der Waals surface area contributed by atoms with Crippen molar-refractivity contribution in [3.8, 4) is 5.75 Å². The number of aromatic nitrogens is 2. The molecule has 1 aliphatic rings. The molecule has 3 aromatic rings. The first-order chi connectivity index (χ1) is 18.3. The van der Waals surface area contributed by atoms with E-state index in [-0.39, 0.29) is 12.6 Å². The van der Waals surface area contributed by atoms with Gasteiger partial charge in [0, 0.05) is 29.4 Å². The maximum atomic E-state index is 13.2. The highest BCUT2D eigenvalue weighted by Gasteiger charge is 2.41. The summed E-state index contributed by atoms with van der Waals surface area (Å²) in [5, 5.41) is 11.3. The fourth-order valence-electron chi connectivity index (χ4n) is 4.34. The van der Waals surface area contributed by atoms with Crippen LogP contribution in [0.2, 0.25) is 0 Å². The smallest absolute Gasteiger partial charge is 0.336 e. The Balaban J connectivity index is 1.72. The van der Waals surface area contributed by atoms with E-state index in [0.29, 0.717) is 17.2 Å². The number of ether oxygens (including phenoxy) is 2. The first kappa shape index (κ1) is 27.2. The lowest BCUT2D eigenvalue weighted by molar-refractivity contribution is -0.694. The van der Waals surface area contributed by atoms with E-state index in [1.165, 1.54) is 16.9 Å². The number of anilines is 1. The summed E-state index contributed by atoms with van der Waals surface area (Å²) in [6.07, 6.45) is 9.95. The van der Waals surface area contributed by atoms with Gasteiger partial charge in [-0.25, -0.2) is 14.3 Å². The van der Waals surface area contributed by atoms with Gasteiger partial charge in [-0.05, 0) is 69.2 Å². The summed E-state index contributed by atoms with van der Waals surface area (Å²) in [5.41, 5.74) is 2.64. The molecule has 4 rings (SSSR count). The number of azo groups is 1. The average molecular weight is 533 g/mol. The number of carbonyl (C=O) groups excluding carboxylic acids is 1. The SMILES string of the molecule is CCOC(=O)C1=CC(N(CC[n+]2ccc(C)cc2)c2ccc(OC)cc2)C=C(C)C1(C)N=Nc1nccs1. The van der Waals surface area contributed by atoms with Crippen molar-refractivity contribution in [1.29, 1.82) is 0 Å². The zero-order chi connectivity index (χ0) is 27.1. The summed E-state index contributed by atoms with van der Waals surface area (Å²) < 4.78 is 13.0. The molecule has 2 atom stereocenters. The predicted molar refractivity (Wildman–Crippen MR) is 149 cm³/mol. The molecule has 0 saturated heterocycles. The number of nitrogens with zero attached hydrogens (tertiary/aromatic N) is 5. The topological polar surface area (TPSA) is 80.3 Å². The summed E-state index contributed by atoms with van der Waals surface area (Å²) >= 11 is 1.39. The third-order valence-corrected chi connectivity index (χ3v) is 7.38. The van der Waals surface area contributed by atoms with E-state index < -0.39 is 11.5 Å². The number of carbonyl (C=O) groups is 1. The summed E-state index contributed by atoms with van der Waals surface area (Å²) in [6.45, 7) is 9.51. The number of thiazole rings is 1. The van der Waals surface area contributed by atoms with Gasteiger partial charge in [0.1, 0.15) is 11.3 Å². The van der Waals surface area contributed by atoms with Gasteiger partial charge in [0.25, 0.3) is 0 Å². The summed E-state index contributed by atoms with van der Waals surface area (Å²) in [5.74, 6) is 0.392. The molecule has 0 N–H and O–H groups in total. The van der Waals surface area contributed by atoms with E-state index >= 15 is 0 Å². The molecule has 2 unspecified atom stereocenters. The number of methoxy groups -OCH3 is 1. The van der Waals surface area contributed by atoms with E-state index in [4.69, 9.17) is 9.47 Å². The molecule has 0 aliphatic heterocycles. The molecule has 8 nitrogen and oxygen atoms in total. The molecule has 0 fully saturated rings. The van der Waals surface area contributed by atoms with E-state index in [1.54, 1.807) is 20.2 Å². The third kappa shape index (κ3) is 6.16. The normalized spacial score (nSPS) is 19.1. The van der Waals surface area contributed by atoms with Crippen LogP contribution in [0.25, 0.3) is 0 Å². The number of hydrogen-bond acceptors (Lipinski definition) is 8. The van der Waals surface area contributed by atoms with Crippen LogP contribution in [0, 0.1) is 6.92 Å². The van der Waals surface area contributed by atoms with Crippen LogP contribution in [0.4, 0.5) is 10.8 Å². The van der Waals surface area contributed by atoms with Crippen LogP contribution in [-0.4, -0.2) is 42.8 Å². The molecule has 2 heterocycles. The van der Waals surface area contributed by atoms with Crippen molar-refractivity contribution >= 4 is 28.1 Å². The van der Waals surface area contributed by atoms with Crippen LogP contribution in [0.3, 0.4) is 0 Å². The molecular weight excluding hydrogens is 498 g/mol. The van der Waals surface area contributed by atoms with Gasteiger partial charge < -0.3 is 14.4 Å². The number of esters is 1. The van der Waals surface area contributed by atoms with Crippen molar-refractivity contribution in [3.63, 3.8) is 0 Å². The van der Waals surface area contributed by atoms with Gasteiger partial charge in [0.15, 0.2) is 18.9 Å². The predicted octanol–water partition coefficient (Wildman–Crippen LogP) is 5.61. The zero-order valence-corrected chi connectivity index (χ0v) is 23.3. The molecule has 1 aliphatic carbocycles. The highest BCUT2D eigenvalue weighted by atomic mass is 32.1. The maximum Gasteiger partial charge on any atom is 0.336 e. The fourth-order valence-corrected chi connectivity index (χ4v) is 4.79. The molecular formula is C29H34N5O3S+. The van der Waals surface area contributed by atoms with Crippen molar-refractivity contribution in [2.45, 2.75) is 45.8 Å². The van der Waals surface area contributed by atoms with Crippen molar-refractivity contribution in [2.75, 3.05) is 25.2 Å². The van der Waals surface area contributed by atoms with Crippen molar-refractivity contribution < 1.29 is 18.8 Å². The minimum atomic E-state index is -0.967. The van der Waals surface area contributed by atoms with Crippen LogP contribution in [-0.2, 0) is 16.1 Å². The number of rotatable bonds is 10. The minimum absolute atomic E-state index is 0.197. The molecule has 0 bridgehead atoms. The molecule has 2 aromatic heterocycles. The maximum absolute atomic E-state index is 13.2. The molecule has 0 radical (unpaired) electrons. The van der Waals surface area contributed by atoms with E-state index in [1.807, 2.05) is 49.6 Å². The summed E-state index contributed by atoms with van der Waals surface area (Å²) in [7, 11) is 1.66. The summed E-state index contributed by atoms with van der Waals surface area (Å²) in [6, 6.07) is 12.0. The third-order valence-electron chi connectivity index (χ3n) is 6.72.